The normalized spacial score (nSPS) is 12.9. The van der Waals surface area contributed by atoms with Crippen LogP contribution in [0.25, 0.3) is 0 Å². The molecule has 1 aromatic carbocycles. The van der Waals surface area contributed by atoms with Gasteiger partial charge in [0.05, 0.1) is 0 Å². The molecule has 1 amide bonds. The van der Waals surface area contributed by atoms with Crippen molar-refractivity contribution in [2.75, 3.05) is 18.4 Å². The number of rotatable bonds is 6. The Labute approximate surface area is 134 Å². The predicted octanol–water partition coefficient (Wildman–Crippen LogP) is 3.89. The van der Waals surface area contributed by atoms with Gasteiger partial charge >= 0.3 is 6.18 Å². The second-order valence-electron chi connectivity index (χ2n) is 4.28. The maximum Gasteiger partial charge on any atom is 0.406 e. The van der Waals surface area contributed by atoms with Crippen molar-refractivity contribution < 1.29 is 22.7 Å². The fourth-order valence-corrected chi connectivity index (χ4v) is 2.25. The van der Waals surface area contributed by atoms with E-state index in [-0.39, 0.29) is 11.9 Å². The number of benzene rings is 1. The van der Waals surface area contributed by atoms with Gasteiger partial charge in [-0.15, -0.1) is 0 Å². The number of ether oxygens (including phenoxy) is 1. The Bertz CT molecular complexity index is 485. The number of amides is 1. The van der Waals surface area contributed by atoms with Crippen molar-refractivity contribution in [2.24, 2.45) is 0 Å². The molecule has 0 heterocycles. The van der Waals surface area contributed by atoms with Crippen LogP contribution in [0, 0.1) is 0 Å². The van der Waals surface area contributed by atoms with E-state index >= 15 is 0 Å². The van der Waals surface area contributed by atoms with E-state index in [0.29, 0.717) is 15.7 Å². The molecule has 0 aliphatic heterocycles. The number of halogens is 5. The highest BCUT2D eigenvalue weighted by molar-refractivity contribution is 9.09. The lowest BCUT2D eigenvalue weighted by Crippen LogP contribution is -2.45. The first kappa shape index (κ1) is 18.1. The fraction of sp³-hybridized carbons (Fsp3) is 0.462. The molecule has 1 atom stereocenters. The van der Waals surface area contributed by atoms with Crippen LogP contribution in [0.3, 0.4) is 0 Å². The van der Waals surface area contributed by atoms with Gasteiger partial charge in [-0.2, -0.15) is 13.2 Å². The molecule has 0 fully saturated rings. The topological polar surface area (TPSA) is 29.5 Å². The molecular weight excluding hydrogens is 374 g/mol. The molecule has 1 unspecified atom stereocenters. The van der Waals surface area contributed by atoms with Crippen LogP contribution in [0.1, 0.15) is 6.92 Å². The summed E-state index contributed by atoms with van der Waals surface area (Å²) >= 11 is 8.81. The monoisotopic (exact) mass is 387 g/mol. The number of hydrogen-bond donors (Lipinski definition) is 0. The molecule has 0 aliphatic carbocycles. The first-order valence-corrected chi connectivity index (χ1v) is 7.56. The van der Waals surface area contributed by atoms with Crippen molar-refractivity contribution in [3.8, 4) is 5.75 Å². The van der Waals surface area contributed by atoms with Gasteiger partial charge < -0.3 is 9.64 Å². The maximum atomic E-state index is 12.5. The summed E-state index contributed by atoms with van der Waals surface area (Å²) in [6.45, 7) is 0.0448. The van der Waals surface area contributed by atoms with E-state index in [9.17, 15) is 18.0 Å². The minimum absolute atomic E-state index is 0.0540. The first-order chi connectivity index (χ1) is 9.73. The van der Waals surface area contributed by atoms with Crippen LogP contribution in [0.4, 0.5) is 13.2 Å². The Balaban J connectivity index is 2.73. The number of carbonyl (C=O) groups excluding carboxylic acids is 1. The Morgan fingerprint density at radius 1 is 1.48 bits per heavy atom. The van der Waals surface area contributed by atoms with E-state index < -0.39 is 24.7 Å². The fourth-order valence-electron chi connectivity index (χ4n) is 1.64. The zero-order valence-electron chi connectivity index (χ0n) is 11.2. The van der Waals surface area contributed by atoms with Crippen LogP contribution in [0.5, 0.6) is 5.75 Å². The molecule has 0 radical (unpaired) electrons. The average Bonchev–Trinajstić information content (AvgIpc) is 2.35. The highest BCUT2D eigenvalue weighted by atomic mass is 79.9. The van der Waals surface area contributed by atoms with Crippen molar-refractivity contribution >= 4 is 33.4 Å². The Morgan fingerprint density at radius 2 is 2.14 bits per heavy atom. The third-order valence-corrected chi connectivity index (χ3v) is 3.08. The SMILES string of the molecule is CC(Oc1cccc(Cl)c1)C(=O)N(CCBr)CC(F)(F)F. The number of nitrogens with zero attached hydrogens (tertiary/aromatic N) is 1. The maximum absolute atomic E-state index is 12.5. The average molecular weight is 389 g/mol. The molecule has 8 heteroatoms. The van der Waals surface area contributed by atoms with Crippen molar-refractivity contribution in [3.63, 3.8) is 0 Å². The number of carbonyl (C=O) groups is 1. The quantitative estimate of drug-likeness (QED) is 0.692. The number of alkyl halides is 4. The molecule has 1 rings (SSSR count). The van der Waals surface area contributed by atoms with Crippen LogP contribution in [-0.2, 0) is 4.79 Å². The van der Waals surface area contributed by atoms with Gasteiger partial charge in [-0.1, -0.05) is 33.6 Å². The van der Waals surface area contributed by atoms with E-state index in [1.165, 1.54) is 13.0 Å². The van der Waals surface area contributed by atoms with Crippen molar-refractivity contribution in [1.29, 1.82) is 0 Å². The standard InChI is InChI=1S/C13H14BrClF3NO2/c1-9(21-11-4-2-3-10(15)7-11)12(20)19(6-5-14)8-13(16,17)18/h2-4,7,9H,5-6,8H2,1H3. The largest absolute Gasteiger partial charge is 0.481 e. The highest BCUT2D eigenvalue weighted by Gasteiger charge is 2.34. The Morgan fingerprint density at radius 3 is 2.67 bits per heavy atom. The molecule has 118 valence electrons. The summed E-state index contributed by atoms with van der Waals surface area (Å²) in [5.74, 6) is -0.402. The number of hydrogen-bond acceptors (Lipinski definition) is 2. The Hall–Kier alpha value is -0.950. The second kappa shape index (κ2) is 7.89. The molecule has 0 saturated heterocycles. The van der Waals surface area contributed by atoms with Gasteiger partial charge in [-0.05, 0) is 25.1 Å². The van der Waals surface area contributed by atoms with Crippen molar-refractivity contribution in [1.82, 2.24) is 4.90 Å². The van der Waals surface area contributed by atoms with Gasteiger partial charge in [-0.3, -0.25) is 4.79 Å². The van der Waals surface area contributed by atoms with Gasteiger partial charge in [0.1, 0.15) is 12.3 Å². The first-order valence-electron chi connectivity index (χ1n) is 6.06. The van der Waals surface area contributed by atoms with Crippen LogP contribution < -0.4 is 4.74 Å². The molecule has 0 saturated carbocycles. The van der Waals surface area contributed by atoms with Crippen LogP contribution in [-0.4, -0.2) is 41.5 Å². The summed E-state index contributed by atoms with van der Waals surface area (Å²) in [5, 5.41) is 0.665. The molecule has 21 heavy (non-hydrogen) atoms. The summed E-state index contributed by atoms with van der Waals surface area (Å²) in [6, 6.07) is 6.32. The molecule has 0 spiro atoms. The molecular formula is C13H14BrClF3NO2. The van der Waals surface area contributed by atoms with Crippen LogP contribution in [0.15, 0.2) is 24.3 Å². The van der Waals surface area contributed by atoms with Gasteiger partial charge in [0.15, 0.2) is 6.10 Å². The second-order valence-corrected chi connectivity index (χ2v) is 5.51. The predicted molar refractivity (Wildman–Crippen MR) is 78.0 cm³/mol. The summed E-state index contributed by atoms with van der Waals surface area (Å²) in [7, 11) is 0. The zero-order valence-corrected chi connectivity index (χ0v) is 13.5. The minimum atomic E-state index is -4.45. The lowest BCUT2D eigenvalue weighted by Gasteiger charge is -2.26. The third-order valence-electron chi connectivity index (χ3n) is 2.49. The van der Waals surface area contributed by atoms with Gasteiger partial charge in [0.2, 0.25) is 0 Å². The highest BCUT2D eigenvalue weighted by Crippen LogP contribution is 2.20. The van der Waals surface area contributed by atoms with Crippen LogP contribution >= 0.6 is 27.5 Å². The zero-order chi connectivity index (χ0) is 16.0. The molecule has 0 N–H and O–H groups in total. The summed E-state index contributed by atoms with van der Waals surface area (Å²) in [4.78, 5) is 12.8. The van der Waals surface area contributed by atoms with Gasteiger partial charge in [-0.25, -0.2) is 0 Å². The Kier molecular flexibility index (Phi) is 6.80. The van der Waals surface area contributed by atoms with Crippen molar-refractivity contribution in [2.45, 2.75) is 19.2 Å². The summed E-state index contributed by atoms with van der Waals surface area (Å²) in [5.41, 5.74) is 0. The van der Waals surface area contributed by atoms with Crippen LogP contribution in [0.2, 0.25) is 5.02 Å². The minimum Gasteiger partial charge on any atom is -0.481 e. The van der Waals surface area contributed by atoms with E-state index in [0.717, 1.165) is 0 Å². The molecule has 0 bridgehead atoms. The van der Waals surface area contributed by atoms with Gasteiger partial charge in [0.25, 0.3) is 5.91 Å². The van der Waals surface area contributed by atoms with Gasteiger partial charge in [0, 0.05) is 16.9 Å². The third kappa shape index (κ3) is 6.56. The molecule has 3 nitrogen and oxygen atoms in total. The van der Waals surface area contributed by atoms with E-state index in [4.69, 9.17) is 16.3 Å². The smallest absolute Gasteiger partial charge is 0.406 e. The lowest BCUT2D eigenvalue weighted by molar-refractivity contribution is -0.164. The van der Waals surface area contributed by atoms with Crippen molar-refractivity contribution in [3.05, 3.63) is 29.3 Å². The molecule has 1 aromatic rings. The molecule has 0 aliphatic rings. The summed E-state index contributed by atoms with van der Waals surface area (Å²) < 4.78 is 42.7. The van der Waals surface area contributed by atoms with E-state index in [1.807, 2.05) is 0 Å². The summed E-state index contributed by atoms with van der Waals surface area (Å²) in [6.07, 6.45) is -5.49. The van der Waals surface area contributed by atoms with E-state index in [2.05, 4.69) is 15.9 Å². The van der Waals surface area contributed by atoms with E-state index in [1.54, 1.807) is 18.2 Å². The lowest BCUT2D eigenvalue weighted by atomic mass is 10.3. The molecule has 0 aromatic heterocycles.